The molecule has 0 spiro atoms. The highest BCUT2D eigenvalue weighted by atomic mass is 28.3. The summed E-state index contributed by atoms with van der Waals surface area (Å²) in [5, 5.41) is 1.48. The Hall–Kier alpha value is -0.603. The summed E-state index contributed by atoms with van der Waals surface area (Å²) in [6.45, 7) is 4.53. The van der Waals surface area contributed by atoms with Gasteiger partial charge in [-0.15, -0.1) is 14.6 Å². The van der Waals surface area contributed by atoms with Crippen molar-refractivity contribution in [1.29, 1.82) is 0 Å². The van der Waals surface area contributed by atoms with E-state index in [0.29, 0.717) is 6.10 Å². The number of rotatable bonds is 7. The van der Waals surface area contributed by atoms with E-state index in [9.17, 15) is 0 Å². The minimum absolute atomic E-state index is 0.422. The minimum atomic E-state index is -0.852. The standard InChI is InChI=1S/C18H29OSi/c1-3-4-11-16(2)19-20(17-12-7-5-8-13-17)18-14-9-6-10-15-18/h5,7-8,12-13,16,18H,3-4,6,9-11,14-15H2,1-2H3/q-1. The average Bonchev–Trinajstić information content (AvgIpc) is 2.52. The topological polar surface area (TPSA) is 9.23 Å². The average molecular weight is 290 g/mol. The van der Waals surface area contributed by atoms with E-state index in [2.05, 4.69) is 44.2 Å². The van der Waals surface area contributed by atoms with Gasteiger partial charge in [0, 0.05) is 6.10 Å². The Morgan fingerprint density at radius 3 is 2.50 bits per heavy atom. The molecule has 112 valence electrons. The van der Waals surface area contributed by atoms with Gasteiger partial charge in [0.2, 0.25) is 0 Å². The molecule has 20 heavy (non-hydrogen) atoms. The summed E-state index contributed by atoms with van der Waals surface area (Å²) >= 11 is 0. The van der Waals surface area contributed by atoms with E-state index in [1.54, 1.807) is 0 Å². The maximum Gasteiger partial charge on any atom is 0.0143 e. The Morgan fingerprint density at radius 1 is 1.15 bits per heavy atom. The van der Waals surface area contributed by atoms with Gasteiger partial charge in [-0.2, -0.15) is 5.19 Å². The summed E-state index contributed by atoms with van der Waals surface area (Å²) in [4.78, 5) is 0. The largest absolute Gasteiger partial charge is 0.562 e. The molecule has 1 nitrogen and oxygen atoms in total. The van der Waals surface area contributed by atoms with Crippen LogP contribution in [0.3, 0.4) is 0 Å². The molecule has 1 saturated carbocycles. The van der Waals surface area contributed by atoms with Gasteiger partial charge in [0.05, 0.1) is 0 Å². The molecule has 0 aromatic heterocycles. The third-order valence-electron chi connectivity index (χ3n) is 4.33. The predicted octanol–water partition coefficient (Wildman–Crippen LogP) is 4.81. The monoisotopic (exact) mass is 289 g/mol. The highest BCUT2D eigenvalue weighted by Gasteiger charge is 2.16. The summed E-state index contributed by atoms with van der Waals surface area (Å²) < 4.78 is 6.58. The summed E-state index contributed by atoms with van der Waals surface area (Å²) in [5.41, 5.74) is 0.820. The number of benzene rings is 1. The van der Waals surface area contributed by atoms with Crippen LogP contribution in [0.2, 0.25) is 5.54 Å². The van der Waals surface area contributed by atoms with E-state index in [4.69, 9.17) is 4.43 Å². The molecule has 1 unspecified atom stereocenters. The molecule has 1 aromatic rings. The van der Waals surface area contributed by atoms with Gasteiger partial charge in [0.25, 0.3) is 0 Å². The van der Waals surface area contributed by atoms with Gasteiger partial charge in [0.1, 0.15) is 0 Å². The normalized spacial score (nSPS) is 17.9. The van der Waals surface area contributed by atoms with Crippen molar-refractivity contribution in [2.75, 3.05) is 0 Å². The van der Waals surface area contributed by atoms with Crippen molar-refractivity contribution in [2.24, 2.45) is 0 Å². The fourth-order valence-electron chi connectivity index (χ4n) is 3.13. The van der Waals surface area contributed by atoms with Crippen molar-refractivity contribution in [3.63, 3.8) is 0 Å². The molecule has 1 fully saturated rings. The molecule has 0 amide bonds. The van der Waals surface area contributed by atoms with E-state index < -0.39 is 9.04 Å². The lowest BCUT2D eigenvalue weighted by Crippen LogP contribution is -2.41. The van der Waals surface area contributed by atoms with Gasteiger partial charge in [0.15, 0.2) is 0 Å². The molecule has 0 N–H and O–H groups in total. The molecular formula is C18H29OSi-. The number of hydrogen-bond donors (Lipinski definition) is 0. The van der Waals surface area contributed by atoms with Crippen molar-refractivity contribution in [1.82, 2.24) is 0 Å². The van der Waals surface area contributed by atoms with Gasteiger partial charge in [-0.05, 0) is 13.3 Å². The molecule has 1 aromatic carbocycles. The predicted molar refractivity (Wildman–Crippen MR) is 88.7 cm³/mol. The van der Waals surface area contributed by atoms with Crippen LogP contribution < -0.4 is 5.19 Å². The van der Waals surface area contributed by atoms with Gasteiger partial charge >= 0.3 is 0 Å². The van der Waals surface area contributed by atoms with Crippen molar-refractivity contribution >= 4 is 14.2 Å². The van der Waals surface area contributed by atoms with E-state index >= 15 is 0 Å². The van der Waals surface area contributed by atoms with Crippen LogP contribution in [0, 0.1) is 0 Å². The first-order valence-corrected chi connectivity index (χ1v) is 9.88. The van der Waals surface area contributed by atoms with Gasteiger partial charge in [-0.3, -0.25) is 0 Å². The van der Waals surface area contributed by atoms with Crippen molar-refractivity contribution in [3.8, 4) is 0 Å². The van der Waals surface area contributed by atoms with E-state index in [1.165, 1.54) is 56.6 Å². The second-order valence-electron chi connectivity index (χ2n) is 6.14. The molecule has 0 saturated heterocycles. The zero-order valence-electron chi connectivity index (χ0n) is 13.1. The van der Waals surface area contributed by atoms with Crippen LogP contribution in [-0.4, -0.2) is 15.1 Å². The molecule has 1 aliphatic carbocycles. The third kappa shape index (κ3) is 4.74. The summed E-state index contributed by atoms with van der Waals surface area (Å²) in [6.07, 6.45) is 11.2. The first-order chi connectivity index (χ1) is 9.81. The molecule has 0 aliphatic heterocycles. The molecule has 2 heteroatoms. The molecule has 2 rings (SSSR count). The molecule has 0 radical (unpaired) electrons. The quantitative estimate of drug-likeness (QED) is 0.654. The lowest BCUT2D eigenvalue weighted by atomic mass is 10.0. The first-order valence-electron chi connectivity index (χ1n) is 8.40. The van der Waals surface area contributed by atoms with Gasteiger partial charge < -0.3 is 4.43 Å². The van der Waals surface area contributed by atoms with Gasteiger partial charge in [-0.25, -0.2) is 0 Å². The van der Waals surface area contributed by atoms with Crippen molar-refractivity contribution in [3.05, 3.63) is 30.3 Å². The Kier molecular flexibility index (Phi) is 6.81. The Labute approximate surface area is 126 Å². The molecule has 1 atom stereocenters. The lowest BCUT2D eigenvalue weighted by Gasteiger charge is -2.44. The summed E-state index contributed by atoms with van der Waals surface area (Å²) in [6, 6.07) is 11.0. The SMILES string of the molecule is CCCCC(C)O[Si-](c1ccccc1)C1CCCCC1. The van der Waals surface area contributed by atoms with Crippen LogP contribution in [-0.2, 0) is 4.43 Å². The number of unbranched alkanes of at least 4 members (excludes halogenated alkanes) is 1. The first kappa shape index (κ1) is 15.8. The third-order valence-corrected chi connectivity index (χ3v) is 7.20. The van der Waals surface area contributed by atoms with Crippen molar-refractivity contribution in [2.45, 2.75) is 76.9 Å². The minimum Gasteiger partial charge on any atom is -0.562 e. The zero-order valence-corrected chi connectivity index (χ0v) is 14.1. The van der Waals surface area contributed by atoms with E-state index in [0.717, 1.165) is 5.54 Å². The van der Waals surface area contributed by atoms with E-state index in [1.807, 2.05) is 0 Å². The molecule has 0 heterocycles. The van der Waals surface area contributed by atoms with E-state index in [-0.39, 0.29) is 0 Å². The summed E-state index contributed by atoms with van der Waals surface area (Å²) in [5.74, 6) is 0. The van der Waals surface area contributed by atoms with Crippen LogP contribution in [0.15, 0.2) is 30.3 Å². The Morgan fingerprint density at radius 2 is 1.85 bits per heavy atom. The van der Waals surface area contributed by atoms with Crippen LogP contribution >= 0.6 is 0 Å². The van der Waals surface area contributed by atoms with Crippen molar-refractivity contribution < 1.29 is 4.43 Å². The maximum absolute atomic E-state index is 6.58. The van der Waals surface area contributed by atoms with Crippen LogP contribution in [0.4, 0.5) is 0 Å². The fraction of sp³-hybridized carbons (Fsp3) is 0.667. The number of hydrogen-bond acceptors (Lipinski definition) is 1. The summed E-state index contributed by atoms with van der Waals surface area (Å²) in [7, 11) is -0.852. The van der Waals surface area contributed by atoms with Crippen LogP contribution in [0.5, 0.6) is 0 Å². The smallest absolute Gasteiger partial charge is 0.0143 e. The maximum atomic E-state index is 6.58. The highest BCUT2D eigenvalue weighted by molar-refractivity contribution is 6.68. The van der Waals surface area contributed by atoms with Crippen LogP contribution in [0.25, 0.3) is 0 Å². The fourth-order valence-corrected chi connectivity index (χ4v) is 5.94. The lowest BCUT2D eigenvalue weighted by molar-refractivity contribution is 0.203. The Bertz CT molecular complexity index is 359. The zero-order chi connectivity index (χ0) is 14.2. The second-order valence-corrected chi connectivity index (χ2v) is 8.49. The molecule has 1 aliphatic rings. The molecular weight excluding hydrogens is 260 g/mol. The van der Waals surface area contributed by atoms with Gasteiger partial charge in [-0.1, -0.05) is 82.2 Å². The highest BCUT2D eigenvalue weighted by Crippen LogP contribution is 2.32. The molecule has 0 bridgehead atoms. The Balaban J connectivity index is 2.03. The van der Waals surface area contributed by atoms with Crippen LogP contribution in [0.1, 0.15) is 65.2 Å². The second kappa shape index (κ2) is 8.63.